The number of anilines is 1. The monoisotopic (exact) mass is 252 g/mol. The summed E-state index contributed by atoms with van der Waals surface area (Å²) in [6.07, 6.45) is 0.578. The Bertz CT molecular complexity index is 563. The van der Waals surface area contributed by atoms with Gasteiger partial charge in [0, 0.05) is 19.1 Å². The molecule has 2 heterocycles. The van der Waals surface area contributed by atoms with E-state index < -0.39 is 5.60 Å². The van der Waals surface area contributed by atoms with Gasteiger partial charge in [-0.15, -0.1) is 0 Å². The van der Waals surface area contributed by atoms with Crippen LogP contribution in [0.5, 0.6) is 0 Å². The summed E-state index contributed by atoms with van der Waals surface area (Å²) in [4.78, 5) is 4.10. The smallest absolute Gasteiger partial charge is 0.295 e. The van der Waals surface area contributed by atoms with Gasteiger partial charge in [0.25, 0.3) is 6.01 Å². The van der Waals surface area contributed by atoms with E-state index in [1.54, 1.807) is 0 Å². The van der Waals surface area contributed by atoms with Gasteiger partial charge in [0.15, 0.2) is 5.58 Å². The molecule has 1 aliphatic rings. The average Bonchev–Trinajstić information content (AvgIpc) is 2.93. The zero-order chi connectivity index (χ0) is 12.6. The molecular formula is C12H13FN2O3. The van der Waals surface area contributed by atoms with Gasteiger partial charge in [-0.1, -0.05) is 0 Å². The van der Waals surface area contributed by atoms with Crippen LogP contribution >= 0.6 is 0 Å². The molecule has 0 amide bonds. The minimum Gasteiger partial charge on any atom is -0.424 e. The number of aromatic nitrogens is 1. The molecule has 2 aromatic rings. The molecule has 3 rings (SSSR count). The third kappa shape index (κ3) is 2.16. The number of rotatable bonds is 3. The highest BCUT2D eigenvalue weighted by molar-refractivity contribution is 5.74. The van der Waals surface area contributed by atoms with Crippen molar-refractivity contribution in [2.24, 2.45) is 0 Å². The SMILES string of the molecule is O[C@@]1(CNc2nc3cc(F)ccc3o2)CCOC1. The van der Waals surface area contributed by atoms with Crippen LogP contribution in [0.15, 0.2) is 22.6 Å². The number of ether oxygens (including phenoxy) is 1. The van der Waals surface area contributed by atoms with Crippen LogP contribution in [0, 0.1) is 5.82 Å². The molecule has 1 aromatic heterocycles. The van der Waals surface area contributed by atoms with Gasteiger partial charge >= 0.3 is 0 Å². The first-order chi connectivity index (χ1) is 8.65. The van der Waals surface area contributed by atoms with Crippen LogP contribution in [-0.2, 0) is 4.74 Å². The zero-order valence-corrected chi connectivity index (χ0v) is 9.65. The Labute approximate surface area is 103 Å². The third-order valence-electron chi connectivity index (χ3n) is 3.00. The maximum absolute atomic E-state index is 13.0. The Morgan fingerprint density at radius 2 is 2.39 bits per heavy atom. The number of oxazole rings is 1. The predicted molar refractivity (Wildman–Crippen MR) is 62.8 cm³/mol. The molecule has 1 aliphatic heterocycles. The fourth-order valence-electron chi connectivity index (χ4n) is 1.95. The Balaban J connectivity index is 1.74. The van der Waals surface area contributed by atoms with E-state index in [1.165, 1.54) is 18.2 Å². The van der Waals surface area contributed by atoms with Crippen molar-refractivity contribution in [3.05, 3.63) is 24.0 Å². The molecule has 0 bridgehead atoms. The third-order valence-corrected chi connectivity index (χ3v) is 3.00. The summed E-state index contributed by atoms with van der Waals surface area (Å²) in [6, 6.07) is 4.42. The molecule has 1 fully saturated rings. The zero-order valence-electron chi connectivity index (χ0n) is 9.65. The second kappa shape index (κ2) is 4.22. The Kier molecular flexibility index (Phi) is 2.68. The summed E-state index contributed by atoms with van der Waals surface area (Å²) in [5.41, 5.74) is 0.0760. The van der Waals surface area contributed by atoms with Crippen molar-refractivity contribution < 1.29 is 18.7 Å². The minimum absolute atomic E-state index is 0.274. The number of hydrogen-bond donors (Lipinski definition) is 2. The number of fused-ring (bicyclic) bond motifs is 1. The summed E-state index contributed by atoms with van der Waals surface area (Å²) >= 11 is 0. The summed E-state index contributed by atoms with van der Waals surface area (Å²) in [5, 5.41) is 13.0. The van der Waals surface area contributed by atoms with Gasteiger partial charge in [0.1, 0.15) is 16.9 Å². The predicted octanol–water partition coefficient (Wildman–Crippen LogP) is 1.53. The molecule has 96 valence electrons. The molecule has 0 saturated carbocycles. The van der Waals surface area contributed by atoms with E-state index in [4.69, 9.17) is 9.15 Å². The van der Waals surface area contributed by atoms with E-state index in [9.17, 15) is 9.50 Å². The molecule has 5 nitrogen and oxygen atoms in total. The minimum atomic E-state index is -0.883. The van der Waals surface area contributed by atoms with E-state index in [2.05, 4.69) is 10.3 Å². The lowest BCUT2D eigenvalue weighted by atomic mass is 10.0. The first-order valence-electron chi connectivity index (χ1n) is 5.75. The molecule has 18 heavy (non-hydrogen) atoms. The van der Waals surface area contributed by atoms with Crippen molar-refractivity contribution in [2.75, 3.05) is 25.1 Å². The lowest BCUT2D eigenvalue weighted by Crippen LogP contribution is -2.37. The van der Waals surface area contributed by atoms with Crippen molar-refractivity contribution >= 4 is 17.1 Å². The number of aliphatic hydroxyl groups is 1. The number of halogens is 1. The van der Waals surface area contributed by atoms with Gasteiger partial charge in [-0.2, -0.15) is 4.98 Å². The van der Waals surface area contributed by atoms with Crippen molar-refractivity contribution in [1.82, 2.24) is 4.98 Å². The highest BCUT2D eigenvalue weighted by atomic mass is 19.1. The van der Waals surface area contributed by atoms with Gasteiger partial charge in [-0.05, 0) is 12.1 Å². The van der Waals surface area contributed by atoms with Gasteiger partial charge in [0.05, 0.1) is 13.2 Å². The van der Waals surface area contributed by atoms with E-state index in [0.717, 1.165) is 0 Å². The van der Waals surface area contributed by atoms with Gasteiger partial charge < -0.3 is 19.6 Å². The second-order valence-electron chi connectivity index (χ2n) is 4.51. The van der Waals surface area contributed by atoms with Crippen molar-refractivity contribution in [3.63, 3.8) is 0 Å². The van der Waals surface area contributed by atoms with Gasteiger partial charge in [-0.25, -0.2) is 4.39 Å². The summed E-state index contributed by atoms with van der Waals surface area (Å²) in [5.74, 6) is -0.356. The lowest BCUT2D eigenvalue weighted by molar-refractivity contribution is 0.0378. The van der Waals surface area contributed by atoms with E-state index in [1.807, 2.05) is 0 Å². The van der Waals surface area contributed by atoms with Crippen LogP contribution in [0.25, 0.3) is 11.1 Å². The first-order valence-corrected chi connectivity index (χ1v) is 5.75. The quantitative estimate of drug-likeness (QED) is 0.867. The highest BCUT2D eigenvalue weighted by Gasteiger charge is 2.32. The maximum Gasteiger partial charge on any atom is 0.295 e. The molecule has 0 spiro atoms. The molecule has 0 aliphatic carbocycles. The normalized spacial score (nSPS) is 23.7. The van der Waals surface area contributed by atoms with Crippen LogP contribution < -0.4 is 5.32 Å². The molecule has 6 heteroatoms. The standard InChI is InChI=1S/C12H13FN2O3/c13-8-1-2-10-9(5-8)15-11(18-10)14-6-12(16)3-4-17-7-12/h1-2,5,16H,3-4,6-7H2,(H,14,15)/t12-/m1/s1. The van der Waals surface area contributed by atoms with Crippen LogP contribution in [0.4, 0.5) is 10.4 Å². The fourth-order valence-corrected chi connectivity index (χ4v) is 1.95. The van der Waals surface area contributed by atoms with Crippen LogP contribution in [0.2, 0.25) is 0 Å². The van der Waals surface area contributed by atoms with Gasteiger partial charge in [-0.3, -0.25) is 0 Å². The molecule has 0 radical (unpaired) electrons. The van der Waals surface area contributed by atoms with E-state index in [0.29, 0.717) is 37.3 Å². The topological polar surface area (TPSA) is 67.5 Å². The number of nitrogens with zero attached hydrogens (tertiary/aromatic N) is 1. The van der Waals surface area contributed by atoms with E-state index >= 15 is 0 Å². The van der Waals surface area contributed by atoms with Crippen molar-refractivity contribution in [3.8, 4) is 0 Å². The Morgan fingerprint density at radius 1 is 1.50 bits per heavy atom. The maximum atomic E-state index is 13.0. The summed E-state index contributed by atoms with van der Waals surface area (Å²) in [6.45, 7) is 1.15. The second-order valence-corrected chi connectivity index (χ2v) is 4.51. The number of benzene rings is 1. The molecule has 1 aromatic carbocycles. The fraction of sp³-hybridized carbons (Fsp3) is 0.417. The average molecular weight is 252 g/mol. The first kappa shape index (κ1) is 11.4. The Hall–Kier alpha value is -1.66. The van der Waals surface area contributed by atoms with Crippen LogP contribution in [0.1, 0.15) is 6.42 Å². The largest absolute Gasteiger partial charge is 0.424 e. The molecular weight excluding hydrogens is 239 g/mol. The summed E-state index contributed by atoms with van der Waals surface area (Å²) < 4.78 is 23.5. The van der Waals surface area contributed by atoms with Gasteiger partial charge in [0.2, 0.25) is 0 Å². The van der Waals surface area contributed by atoms with Crippen LogP contribution in [-0.4, -0.2) is 35.5 Å². The highest BCUT2D eigenvalue weighted by Crippen LogP contribution is 2.22. The molecule has 1 atom stereocenters. The lowest BCUT2D eigenvalue weighted by Gasteiger charge is -2.19. The summed E-state index contributed by atoms with van der Waals surface area (Å²) in [7, 11) is 0. The van der Waals surface area contributed by atoms with Crippen LogP contribution in [0.3, 0.4) is 0 Å². The number of hydrogen-bond acceptors (Lipinski definition) is 5. The van der Waals surface area contributed by atoms with E-state index in [-0.39, 0.29) is 11.8 Å². The molecule has 1 saturated heterocycles. The molecule has 2 N–H and O–H groups in total. The number of nitrogens with one attached hydrogen (secondary N) is 1. The van der Waals surface area contributed by atoms with Crippen molar-refractivity contribution in [2.45, 2.75) is 12.0 Å². The van der Waals surface area contributed by atoms with Crippen molar-refractivity contribution in [1.29, 1.82) is 0 Å². The molecule has 0 unspecified atom stereocenters. The Morgan fingerprint density at radius 3 is 3.17 bits per heavy atom.